The van der Waals surface area contributed by atoms with E-state index in [0.717, 1.165) is 0 Å². The zero-order chi connectivity index (χ0) is 8.31. The van der Waals surface area contributed by atoms with E-state index in [4.69, 9.17) is 0 Å². The first-order valence-corrected chi connectivity index (χ1v) is 3.21. The molecule has 0 amide bonds. The molecule has 0 aliphatic carbocycles. The maximum Gasteiger partial charge on any atom is 0.223 e. The highest BCUT2D eigenvalue weighted by molar-refractivity contribution is 6.43. The van der Waals surface area contributed by atoms with Crippen LogP contribution in [-0.2, 0) is 9.59 Å². The molecule has 0 heterocycles. The number of hydrogen-bond donors (Lipinski definition) is 0. The van der Waals surface area contributed by atoms with Crippen LogP contribution < -0.4 is 0 Å². The highest BCUT2D eigenvalue weighted by Crippen LogP contribution is 2.00. The number of carbonyl (C=O) groups excluding carboxylic acids is 2. The fraction of sp³-hybridized carbons (Fsp3) is 0.500. The van der Waals surface area contributed by atoms with E-state index in [-0.39, 0.29) is 11.7 Å². The van der Waals surface area contributed by atoms with E-state index in [2.05, 4.69) is 6.58 Å². The maximum absolute atomic E-state index is 10.9. The molecule has 2 heteroatoms. The second-order valence-electron chi connectivity index (χ2n) is 2.63. The summed E-state index contributed by atoms with van der Waals surface area (Å²) in [5, 5.41) is 0. The summed E-state index contributed by atoms with van der Waals surface area (Å²) in [6.45, 7) is 8.33. The second kappa shape index (κ2) is 3.30. The quantitative estimate of drug-likeness (QED) is 0.438. The molecule has 0 aliphatic rings. The molecule has 0 aromatic heterocycles. The van der Waals surface area contributed by atoms with Gasteiger partial charge in [-0.25, -0.2) is 0 Å². The van der Waals surface area contributed by atoms with E-state index >= 15 is 0 Å². The zero-order valence-electron chi connectivity index (χ0n) is 6.60. The minimum absolute atomic E-state index is 0.218. The fourth-order valence-corrected chi connectivity index (χ4v) is 0.473. The molecule has 0 rings (SSSR count). The normalized spacial score (nSPS) is 9.60. The Bertz CT molecular complexity index is 178. The Morgan fingerprint density at radius 3 is 1.80 bits per heavy atom. The highest BCUT2D eigenvalue weighted by Gasteiger charge is 2.16. The minimum atomic E-state index is -0.449. The number of rotatable bonds is 3. The topological polar surface area (TPSA) is 34.1 Å². The van der Waals surface area contributed by atoms with Crippen LogP contribution in [0, 0.1) is 5.92 Å². The van der Waals surface area contributed by atoms with Gasteiger partial charge >= 0.3 is 0 Å². The molecule has 0 N–H and O–H groups in total. The Balaban J connectivity index is 4.24. The van der Waals surface area contributed by atoms with Gasteiger partial charge in [0, 0.05) is 5.92 Å². The molecule has 0 saturated heterocycles. The molecule has 0 atom stereocenters. The summed E-state index contributed by atoms with van der Waals surface area (Å²) >= 11 is 0. The third-order valence-corrected chi connectivity index (χ3v) is 1.14. The molecular formula is C8H12O2. The third kappa shape index (κ3) is 2.13. The molecule has 0 fully saturated rings. The van der Waals surface area contributed by atoms with Crippen molar-refractivity contribution in [2.45, 2.75) is 20.8 Å². The van der Waals surface area contributed by atoms with Gasteiger partial charge in [0.2, 0.25) is 11.6 Å². The first kappa shape index (κ1) is 9.08. The van der Waals surface area contributed by atoms with Gasteiger partial charge in [0.05, 0.1) is 0 Å². The van der Waals surface area contributed by atoms with E-state index in [1.54, 1.807) is 20.8 Å². The summed E-state index contributed by atoms with van der Waals surface area (Å²) in [5.74, 6) is -1.02. The summed E-state index contributed by atoms with van der Waals surface area (Å²) in [5.41, 5.74) is 0.318. The largest absolute Gasteiger partial charge is 0.290 e. The standard InChI is InChI=1S/C8H12O2/c1-5(2)7(9)8(10)6(3)4/h6H,1H2,2-4H3. The van der Waals surface area contributed by atoms with E-state index < -0.39 is 5.78 Å². The van der Waals surface area contributed by atoms with Gasteiger partial charge in [-0.3, -0.25) is 9.59 Å². The van der Waals surface area contributed by atoms with Crippen LogP contribution >= 0.6 is 0 Å². The van der Waals surface area contributed by atoms with Gasteiger partial charge in [-0.2, -0.15) is 0 Å². The van der Waals surface area contributed by atoms with E-state index in [9.17, 15) is 9.59 Å². The van der Waals surface area contributed by atoms with E-state index in [0.29, 0.717) is 5.57 Å². The van der Waals surface area contributed by atoms with Crippen LogP contribution in [0.5, 0.6) is 0 Å². The second-order valence-corrected chi connectivity index (χ2v) is 2.63. The summed E-state index contributed by atoms with van der Waals surface area (Å²) in [6, 6.07) is 0. The number of Topliss-reactive ketones (excluding diaryl/α,β-unsaturated/α-hetero) is 2. The molecule has 0 aromatic rings. The van der Waals surface area contributed by atoms with Crippen LogP contribution in [0.1, 0.15) is 20.8 Å². The summed E-state index contributed by atoms with van der Waals surface area (Å²) in [7, 11) is 0. The van der Waals surface area contributed by atoms with Gasteiger partial charge < -0.3 is 0 Å². The Hall–Kier alpha value is -0.920. The van der Waals surface area contributed by atoms with Crippen molar-refractivity contribution >= 4 is 11.6 Å². The lowest BCUT2D eigenvalue weighted by Crippen LogP contribution is -2.19. The lowest BCUT2D eigenvalue weighted by atomic mass is 10.0. The smallest absolute Gasteiger partial charge is 0.223 e. The van der Waals surface area contributed by atoms with Gasteiger partial charge in [0.25, 0.3) is 0 Å². The Morgan fingerprint density at radius 2 is 1.70 bits per heavy atom. The predicted molar refractivity (Wildman–Crippen MR) is 39.7 cm³/mol. The van der Waals surface area contributed by atoms with Crippen LogP contribution in [0.15, 0.2) is 12.2 Å². The van der Waals surface area contributed by atoms with Crippen molar-refractivity contribution in [2.75, 3.05) is 0 Å². The predicted octanol–water partition coefficient (Wildman–Crippen LogP) is 1.36. The molecule has 0 spiro atoms. The Labute approximate surface area is 60.9 Å². The molecule has 0 aromatic carbocycles. The van der Waals surface area contributed by atoms with Crippen LogP contribution in [-0.4, -0.2) is 11.6 Å². The molecule has 2 nitrogen and oxygen atoms in total. The lowest BCUT2D eigenvalue weighted by molar-refractivity contribution is -0.136. The third-order valence-electron chi connectivity index (χ3n) is 1.14. The molecular weight excluding hydrogens is 128 g/mol. The summed E-state index contributed by atoms with van der Waals surface area (Å²) < 4.78 is 0. The van der Waals surface area contributed by atoms with E-state index in [1.165, 1.54) is 0 Å². The van der Waals surface area contributed by atoms with Crippen LogP contribution in [0.4, 0.5) is 0 Å². The van der Waals surface area contributed by atoms with Crippen LogP contribution in [0.25, 0.3) is 0 Å². The van der Waals surface area contributed by atoms with Gasteiger partial charge in [0.15, 0.2) is 0 Å². The number of ketones is 2. The van der Waals surface area contributed by atoms with Crippen LogP contribution in [0.3, 0.4) is 0 Å². The van der Waals surface area contributed by atoms with Gasteiger partial charge in [-0.15, -0.1) is 0 Å². The number of carbonyl (C=O) groups is 2. The van der Waals surface area contributed by atoms with Crippen molar-refractivity contribution < 1.29 is 9.59 Å². The Kier molecular flexibility index (Phi) is 3.00. The molecule has 10 heavy (non-hydrogen) atoms. The summed E-state index contributed by atoms with van der Waals surface area (Å²) in [6.07, 6.45) is 0. The highest BCUT2D eigenvalue weighted by atomic mass is 16.2. The van der Waals surface area contributed by atoms with Gasteiger partial charge in [-0.05, 0) is 12.5 Å². The summed E-state index contributed by atoms with van der Waals surface area (Å²) in [4.78, 5) is 21.7. The molecule has 0 aliphatic heterocycles. The molecule has 56 valence electrons. The average molecular weight is 140 g/mol. The average Bonchev–Trinajstić information content (AvgIpc) is 1.84. The van der Waals surface area contributed by atoms with Crippen molar-refractivity contribution in [3.8, 4) is 0 Å². The fourth-order valence-electron chi connectivity index (χ4n) is 0.473. The minimum Gasteiger partial charge on any atom is -0.290 e. The monoisotopic (exact) mass is 140 g/mol. The number of hydrogen-bond acceptors (Lipinski definition) is 2. The molecule has 0 bridgehead atoms. The van der Waals surface area contributed by atoms with Crippen LogP contribution in [0.2, 0.25) is 0 Å². The molecule has 0 saturated carbocycles. The zero-order valence-corrected chi connectivity index (χ0v) is 6.60. The maximum atomic E-state index is 10.9. The number of allylic oxidation sites excluding steroid dienone is 1. The van der Waals surface area contributed by atoms with Gasteiger partial charge in [0.1, 0.15) is 0 Å². The van der Waals surface area contributed by atoms with Crippen molar-refractivity contribution in [1.29, 1.82) is 0 Å². The van der Waals surface area contributed by atoms with Crippen molar-refractivity contribution in [2.24, 2.45) is 5.92 Å². The molecule has 0 unspecified atom stereocenters. The SMILES string of the molecule is C=C(C)C(=O)C(=O)C(C)C. The first-order valence-electron chi connectivity index (χ1n) is 3.21. The van der Waals surface area contributed by atoms with Crippen molar-refractivity contribution in [1.82, 2.24) is 0 Å². The van der Waals surface area contributed by atoms with Crippen molar-refractivity contribution in [3.63, 3.8) is 0 Å². The van der Waals surface area contributed by atoms with Crippen molar-refractivity contribution in [3.05, 3.63) is 12.2 Å². The molecule has 0 radical (unpaired) electrons. The first-order chi connectivity index (χ1) is 4.46. The Morgan fingerprint density at radius 1 is 1.30 bits per heavy atom. The van der Waals surface area contributed by atoms with Gasteiger partial charge in [-0.1, -0.05) is 20.4 Å². The lowest BCUT2D eigenvalue weighted by Gasteiger charge is -2.00. The van der Waals surface area contributed by atoms with E-state index in [1.807, 2.05) is 0 Å².